The Balaban J connectivity index is 2.32. The van der Waals surface area contributed by atoms with Crippen molar-refractivity contribution >= 4 is 6.29 Å². The van der Waals surface area contributed by atoms with Crippen molar-refractivity contribution in [2.75, 3.05) is 6.61 Å². The van der Waals surface area contributed by atoms with Gasteiger partial charge in [-0.1, -0.05) is 0 Å². The Hall–Kier alpha value is -0.370. The zero-order chi connectivity index (χ0) is 6.91. The van der Waals surface area contributed by atoms with Crippen LogP contribution in [0.5, 0.6) is 0 Å². The lowest BCUT2D eigenvalue weighted by Crippen LogP contribution is -2.37. The summed E-state index contributed by atoms with van der Waals surface area (Å²) in [5.41, 5.74) is -0.604. The Morgan fingerprint density at radius 2 is 2.33 bits per heavy atom. The minimum atomic E-state index is -0.604. The average Bonchev–Trinajstić information content (AvgIpc) is 1.81. The van der Waals surface area contributed by atoms with Crippen LogP contribution in [0, 0.1) is 18.3 Å². The quantitative estimate of drug-likeness (QED) is 0.540. The number of carbonyl (C=O) groups excluding carboxylic acids is 1. The summed E-state index contributed by atoms with van der Waals surface area (Å²) in [6.45, 7) is 5.65. The van der Waals surface area contributed by atoms with Gasteiger partial charge >= 0.3 is 0 Å². The van der Waals surface area contributed by atoms with E-state index in [0.717, 1.165) is 6.29 Å². The van der Waals surface area contributed by atoms with Crippen molar-refractivity contribution in [2.24, 2.45) is 11.3 Å². The summed E-state index contributed by atoms with van der Waals surface area (Å²) >= 11 is 0. The number of hydrogen-bond acceptors (Lipinski definition) is 2. The van der Waals surface area contributed by atoms with E-state index >= 15 is 0 Å². The Labute approximate surface area is 54.9 Å². The van der Waals surface area contributed by atoms with E-state index in [2.05, 4.69) is 0 Å². The van der Waals surface area contributed by atoms with Gasteiger partial charge in [-0.05, 0) is 25.7 Å². The fourth-order valence-corrected chi connectivity index (χ4v) is 1.24. The van der Waals surface area contributed by atoms with E-state index in [1.165, 1.54) is 0 Å². The van der Waals surface area contributed by atoms with Crippen LogP contribution < -0.4 is 0 Å². The van der Waals surface area contributed by atoms with Crippen LogP contribution in [0.2, 0.25) is 0 Å². The van der Waals surface area contributed by atoms with Gasteiger partial charge < -0.3 is 9.90 Å². The van der Waals surface area contributed by atoms with Gasteiger partial charge in [-0.2, -0.15) is 0 Å². The highest BCUT2D eigenvalue weighted by molar-refractivity contribution is 5.62. The van der Waals surface area contributed by atoms with Gasteiger partial charge in [0, 0.05) is 12.0 Å². The van der Waals surface area contributed by atoms with E-state index in [4.69, 9.17) is 12.0 Å². The van der Waals surface area contributed by atoms with E-state index in [1.807, 2.05) is 0 Å². The fraction of sp³-hybridized carbons (Fsp3) is 0.714. The molecule has 0 aromatic heterocycles. The largest absolute Gasteiger partial charge is 0.396 e. The molecule has 0 aromatic carbocycles. The molecule has 2 nitrogen and oxygen atoms in total. The minimum absolute atomic E-state index is 0.160. The summed E-state index contributed by atoms with van der Waals surface area (Å²) in [5, 5.41) is 8.54. The van der Waals surface area contributed by atoms with Crippen molar-refractivity contribution in [3.63, 3.8) is 0 Å². The van der Waals surface area contributed by atoms with Gasteiger partial charge in [-0.15, -0.1) is 0 Å². The average molecular weight is 126 g/mol. The van der Waals surface area contributed by atoms with Crippen LogP contribution in [0.15, 0.2) is 0 Å². The first-order chi connectivity index (χ1) is 4.20. The summed E-state index contributed by atoms with van der Waals surface area (Å²) < 4.78 is 0. The molecule has 0 amide bonds. The third-order valence-corrected chi connectivity index (χ3v) is 1.83. The van der Waals surface area contributed by atoms with Crippen LogP contribution in [0.25, 0.3) is 0 Å². The molecular weight excluding hydrogens is 116 g/mol. The van der Waals surface area contributed by atoms with Crippen LogP contribution in [-0.4, -0.2) is 18.0 Å². The van der Waals surface area contributed by atoms with E-state index < -0.39 is 5.41 Å². The van der Waals surface area contributed by atoms with Gasteiger partial charge in [-0.3, -0.25) is 0 Å². The highest BCUT2D eigenvalue weighted by Gasteiger charge is 2.39. The molecule has 50 valence electrons. The summed E-state index contributed by atoms with van der Waals surface area (Å²) in [6, 6.07) is 0. The molecule has 0 spiro atoms. The van der Waals surface area contributed by atoms with Gasteiger partial charge in [0.2, 0.25) is 0 Å². The molecule has 9 heavy (non-hydrogen) atoms. The van der Waals surface area contributed by atoms with E-state index in [0.29, 0.717) is 12.8 Å². The number of aliphatic hydroxyl groups is 1. The first-order valence-electron chi connectivity index (χ1n) is 3.06. The molecule has 0 aromatic rings. The molecule has 1 rings (SSSR count). The zero-order valence-corrected chi connectivity index (χ0v) is 5.21. The normalized spacial score (nSPS) is 41.8. The van der Waals surface area contributed by atoms with Crippen LogP contribution in [0.3, 0.4) is 0 Å². The van der Waals surface area contributed by atoms with Crippen molar-refractivity contribution in [3.8, 4) is 0 Å². The van der Waals surface area contributed by atoms with Crippen molar-refractivity contribution < 1.29 is 9.90 Å². The smallest absolute Gasteiger partial charge is 0.126 e. The molecule has 2 radical (unpaired) electrons. The maximum absolute atomic E-state index is 10.2. The number of aliphatic hydroxyl groups excluding tert-OH is 1. The van der Waals surface area contributed by atoms with E-state index in [1.54, 1.807) is 0 Å². The number of rotatable bonds is 2. The minimum Gasteiger partial charge on any atom is -0.396 e. The maximum Gasteiger partial charge on any atom is 0.126 e. The first-order valence-corrected chi connectivity index (χ1v) is 3.06. The molecule has 1 saturated carbocycles. The lowest BCUT2D eigenvalue weighted by molar-refractivity contribution is -0.120. The van der Waals surface area contributed by atoms with Gasteiger partial charge in [0.15, 0.2) is 0 Å². The second-order valence-corrected chi connectivity index (χ2v) is 2.81. The highest BCUT2D eigenvalue weighted by atomic mass is 16.3. The molecule has 0 bridgehead atoms. The summed E-state index contributed by atoms with van der Waals surface area (Å²) in [6.07, 6.45) is 2.07. The van der Waals surface area contributed by atoms with Crippen molar-refractivity contribution in [1.82, 2.24) is 0 Å². The SMILES string of the molecule is [CH]C1(C=O)CC(CO)C1. The van der Waals surface area contributed by atoms with Crippen molar-refractivity contribution in [3.05, 3.63) is 6.92 Å². The molecular formula is C7H10O2. The molecule has 0 heterocycles. The first kappa shape index (κ1) is 6.75. The molecule has 1 fully saturated rings. The third kappa shape index (κ3) is 1.13. The Morgan fingerprint density at radius 3 is 2.67 bits per heavy atom. The lowest BCUT2D eigenvalue weighted by Gasteiger charge is -2.39. The highest BCUT2D eigenvalue weighted by Crippen LogP contribution is 2.42. The Bertz CT molecular complexity index is 114. The van der Waals surface area contributed by atoms with Gasteiger partial charge in [0.1, 0.15) is 6.29 Å². The lowest BCUT2D eigenvalue weighted by atomic mass is 9.64. The third-order valence-electron chi connectivity index (χ3n) is 1.83. The Morgan fingerprint density at radius 1 is 1.78 bits per heavy atom. The maximum atomic E-state index is 10.2. The van der Waals surface area contributed by atoms with Gasteiger partial charge in [-0.25, -0.2) is 0 Å². The molecule has 0 unspecified atom stereocenters. The molecule has 0 aliphatic heterocycles. The predicted octanol–water partition coefficient (Wildman–Crippen LogP) is 0.285. The topological polar surface area (TPSA) is 37.3 Å². The van der Waals surface area contributed by atoms with E-state index in [9.17, 15) is 4.79 Å². The van der Waals surface area contributed by atoms with E-state index in [-0.39, 0.29) is 12.5 Å². The molecule has 1 aliphatic carbocycles. The second kappa shape index (κ2) is 2.10. The fourth-order valence-electron chi connectivity index (χ4n) is 1.24. The summed E-state index contributed by atoms with van der Waals surface area (Å²) in [5.74, 6) is 0.264. The van der Waals surface area contributed by atoms with Gasteiger partial charge in [0.05, 0.1) is 0 Å². The molecule has 0 atom stereocenters. The standard InChI is InChI=1S/C7H10O2/c1-7(5-9)2-6(3-7)4-8/h1,5-6,8H,2-4H2. The van der Waals surface area contributed by atoms with Crippen LogP contribution >= 0.6 is 0 Å². The molecule has 0 saturated heterocycles. The summed E-state index contributed by atoms with van der Waals surface area (Å²) in [7, 11) is 0. The van der Waals surface area contributed by atoms with Crippen LogP contribution in [-0.2, 0) is 4.79 Å². The van der Waals surface area contributed by atoms with Gasteiger partial charge in [0.25, 0.3) is 0 Å². The van der Waals surface area contributed by atoms with Crippen molar-refractivity contribution in [1.29, 1.82) is 0 Å². The molecule has 2 heteroatoms. The summed E-state index contributed by atoms with van der Waals surface area (Å²) in [4.78, 5) is 10.2. The monoisotopic (exact) mass is 126 g/mol. The molecule has 1 aliphatic rings. The molecule has 1 N–H and O–H groups in total. The van der Waals surface area contributed by atoms with Crippen molar-refractivity contribution in [2.45, 2.75) is 12.8 Å². The predicted molar refractivity (Wildman–Crippen MR) is 32.6 cm³/mol. The Kier molecular flexibility index (Phi) is 1.58. The number of carbonyl (C=O) groups is 1. The zero-order valence-electron chi connectivity index (χ0n) is 5.21. The van der Waals surface area contributed by atoms with Crippen LogP contribution in [0.1, 0.15) is 12.8 Å². The number of hydrogen-bond donors (Lipinski definition) is 1. The van der Waals surface area contributed by atoms with Crippen LogP contribution in [0.4, 0.5) is 0 Å². The number of aldehydes is 1. The second-order valence-electron chi connectivity index (χ2n) is 2.81.